The molecule has 2 fully saturated rings. The molecule has 142 valence electrons. The molecule has 0 amide bonds. The van der Waals surface area contributed by atoms with Crippen molar-refractivity contribution in [3.8, 4) is 11.6 Å². The monoisotopic (exact) mass is 366 g/mol. The van der Waals surface area contributed by atoms with Crippen molar-refractivity contribution in [2.75, 3.05) is 0 Å². The van der Waals surface area contributed by atoms with Gasteiger partial charge >= 0.3 is 0 Å². The molecule has 2 saturated carbocycles. The molecule has 1 aromatic carbocycles. The van der Waals surface area contributed by atoms with Crippen LogP contribution in [0, 0.1) is 27.9 Å². The van der Waals surface area contributed by atoms with Gasteiger partial charge in [0.1, 0.15) is 11.9 Å². The molecule has 0 spiro atoms. The van der Waals surface area contributed by atoms with Gasteiger partial charge in [-0.3, -0.25) is 10.1 Å². The second-order valence-corrected chi connectivity index (χ2v) is 8.75. The minimum Gasteiger partial charge on any atom is -0.439 e. The molecule has 2 aromatic rings. The topological polar surface area (TPSA) is 65.3 Å². The summed E-state index contributed by atoms with van der Waals surface area (Å²) >= 11 is 0. The molecule has 27 heavy (non-hydrogen) atoms. The van der Waals surface area contributed by atoms with Gasteiger partial charge in [-0.2, -0.15) is 0 Å². The Morgan fingerprint density at radius 1 is 1.07 bits per heavy atom. The number of nitrogens with zero attached hydrogens (tertiary/aromatic N) is 2. The Morgan fingerprint density at radius 3 is 2.30 bits per heavy atom. The molecule has 2 bridgehead atoms. The summed E-state index contributed by atoms with van der Waals surface area (Å²) in [4.78, 5) is 14.2. The number of aromatic nitrogens is 1. The van der Waals surface area contributed by atoms with Gasteiger partial charge in [-0.1, -0.05) is 26.0 Å². The van der Waals surface area contributed by atoms with Crippen LogP contribution in [0.5, 0.6) is 11.6 Å². The van der Waals surface area contributed by atoms with Gasteiger partial charge in [0.25, 0.3) is 5.69 Å². The third kappa shape index (κ3) is 3.82. The fraction of sp³-hybridized carbons (Fsp3) is 0.500. The van der Waals surface area contributed by atoms with Crippen LogP contribution in [0.25, 0.3) is 0 Å². The Labute approximate surface area is 159 Å². The standard InChI is InChI=1S/C22H26N2O3/c1-15-9-16-11-17(10-15)13-22(2,12-16)18-3-6-20(7-4-18)27-21-8-5-19(14-23-21)24(25)26/h3-8,14-17H,9-13H2,1-2H3. The summed E-state index contributed by atoms with van der Waals surface area (Å²) < 4.78 is 5.74. The first-order valence-corrected chi connectivity index (χ1v) is 9.80. The second kappa shape index (κ2) is 6.95. The van der Waals surface area contributed by atoms with Crippen molar-refractivity contribution in [2.45, 2.75) is 51.4 Å². The molecule has 2 atom stereocenters. The van der Waals surface area contributed by atoms with E-state index in [0.29, 0.717) is 11.6 Å². The van der Waals surface area contributed by atoms with Crippen molar-refractivity contribution in [3.05, 3.63) is 58.3 Å². The summed E-state index contributed by atoms with van der Waals surface area (Å²) in [5.74, 6) is 3.66. The molecule has 1 heterocycles. The van der Waals surface area contributed by atoms with E-state index in [9.17, 15) is 10.1 Å². The maximum Gasteiger partial charge on any atom is 0.287 e. The maximum absolute atomic E-state index is 10.7. The van der Waals surface area contributed by atoms with E-state index in [2.05, 4.69) is 31.0 Å². The van der Waals surface area contributed by atoms with Gasteiger partial charge in [0.15, 0.2) is 0 Å². The molecular weight excluding hydrogens is 340 g/mol. The molecule has 5 heteroatoms. The van der Waals surface area contributed by atoms with E-state index >= 15 is 0 Å². The number of nitro groups is 1. The molecule has 0 radical (unpaired) electrons. The quantitative estimate of drug-likeness (QED) is 0.500. The normalized spacial score (nSPS) is 29.9. The first kappa shape index (κ1) is 18.0. The molecule has 2 aliphatic carbocycles. The lowest BCUT2D eigenvalue weighted by molar-refractivity contribution is -0.385. The van der Waals surface area contributed by atoms with Crippen molar-refractivity contribution >= 4 is 5.69 Å². The fourth-order valence-corrected chi connectivity index (χ4v) is 5.41. The zero-order chi connectivity index (χ0) is 19.0. The number of hydrogen-bond donors (Lipinski definition) is 0. The van der Waals surface area contributed by atoms with Gasteiger partial charge in [-0.05, 0) is 73.0 Å². The Balaban J connectivity index is 1.46. The highest BCUT2D eigenvalue weighted by Gasteiger charge is 2.41. The highest BCUT2D eigenvalue weighted by atomic mass is 16.6. The van der Waals surface area contributed by atoms with E-state index in [4.69, 9.17) is 4.74 Å². The van der Waals surface area contributed by atoms with E-state index in [0.717, 1.165) is 17.8 Å². The number of ether oxygens (including phenoxy) is 1. The molecule has 2 unspecified atom stereocenters. The zero-order valence-corrected chi connectivity index (χ0v) is 15.9. The van der Waals surface area contributed by atoms with Crippen molar-refractivity contribution in [3.63, 3.8) is 0 Å². The lowest BCUT2D eigenvalue weighted by atomic mass is 9.58. The Bertz CT molecular complexity index is 798. The van der Waals surface area contributed by atoms with Crippen LogP contribution in [-0.2, 0) is 5.41 Å². The summed E-state index contributed by atoms with van der Waals surface area (Å²) in [6.45, 7) is 4.82. The maximum atomic E-state index is 10.7. The predicted molar refractivity (Wildman–Crippen MR) is 104 cm³/mol. The lowest BCUT2D eigenvalue weighted by Gasteiger charge is -2.47. The van der Waals surface area contributed by atoms with Crippen LogP contribution in [0.2, 0.25) is 0 Å². The van der Waals surface area contributed by atoms with Crippen LogP contribution in [0.1, 0.15) is 51.5 Å². The highest BCUT2D eigenvalue weighted by Crippen LogP contribution is 2.51. The Kier molecular flexibility index (Phi) is 4.62. The molecule has 0 N–H and O–H groups in total. The van der Waals surface area contributed by atoms with Crippen LogP contribution < -0.4 is 4.74 Å². The minimum atomic E-state index is -0.466. The molecule has 0 saturated heterocycles. The van der Waals surface area contributed by atoms with E-state index in [1.54, 1.807) is 0 Å². The summed E-state index contributed by atoms with van der Waals surface area (Å²) in [6, 6.07) is 11.2. The van der Waals surface area contributed by atoms with Crippen LogP contribution in [-0.4, -0.2) is 9.91 Å². The number of benzene rings is 1. The Hall–Kier alpha value is -2.43. The SMILES string of the molecule is CC1CC2CC(C1)CC(C)(c1ccc(Oc3ccc([N+](=O)[O-])cn3)cc1)C2. The van der Waals surface area contributed by atoms with Gasteiger partial charge in [-0.25, -0.2) is 4.98 Å². The predicted octanol–water partition coefficient (Wildman–Crippen LogP) is 5.89. The van der Waals surface area contributed by atoms with Gasteiger partial charge in [0.2, 0.25) is 5.88 Å². The number of fused-ring (bicyclic) bond motifs is 2. The van der Waals surface area contributed by atoms with E-state index in [-0.39, 0.29) is 11.1 Å². The largest absolute Gasteiger partial charge is 0.439 e. The van der Waals surface area contributed by atoms with Crippen LogP contribution in [0.4, 0.5) is 5.69 Å². The molecule has 1 aromatic heterocycles. The summed E-state index contributed by atoms with van der Waals surface area (Å²) in [5, 5.41) is 10.7. The molecule has 0 aliphatic heterocycles. The second-order valence-electron chi connectivity index (χ2n) is 8.75. The van der Waals surface area contributed by atoms with Crippen molar-refractivity contribution < 1.29 is 9.66 Å². The molecule has 5 nitrogen and oxygen atoms in total. The third-order valence-corrected chi connectivity index (χ3v) is 6.32. The number of rotatable bonds is 4. The zero-order valence-electron chi connectivity index (χ0n) is 15.9. The average Bonchev–Trinajstić information content (AvgIpc) is 2.61. The van der Waals surface area contributed by atoms with Gasteiger partial charge in [0.05, 0.1) is 4.92 Å². The van der Waals surface area contributed by atoms with Crippen molar-refractivity contribution in [1.82, 2.24) is 4.98 Å². The molecule has 4 rings (SSSR count). The minimum absolute atomic E-state index is 0.0391. The van der Waals surface area contributed by atoms with E-state index in [1.165, 1.54) is 56.0 Å². The first-order chi connectivity index (χ1) is 12.9. The van der Waals surface area contributed by atoms with Crippen molar-refractivity contribution in [2.24, 2.45) is 17.8 Å². The smallest absolute Gasteiger partial charge is 0.287 e. The average molecular weight is 366 g/mol. The van der Waals surface area contributed by atoms with E-state index < -0.39 is 4.92 Å². The van der Waals surface area contributed by atoms with Crippen LogP contribution >= 0.6 is 0 Å². The lowest BCUT2D eigenvalue weighted by Crippen LogP contribution is -2.38. The number of hydrogen-bond acceptors (Lipinski definition) is 4. The molecular formula is C22H26N2O3. The first-order valence-electron chi connectivity index (χ1n) is 9.80. The van der Waals surface area contributed by atoms with Crippen LogP contribution in [0.3, 0.4) is 0 Å². The third-order valence-electron chi connectivity index (χ3n) is 6.32. The number of pyridine rings is 1. The highest BCUT2D eigenvalue weighted by molar-refractivity contribution is 5.36. The summed E-state index contributed by atoms with van der Waals surface area (Å²) in [7, 11) is 0. The van der Waals surface area contributed by atoms with Gasteiger partial charge in [0, 0.05) is 12.1 Å². The summed E-state index contributed by atoms with van der Waals surface area (Å²) in [6.07, 6.45) is 7.92. The molecule has 2 aliphatic rings. The fourth-order valence-electron chi connectivity index (χ4n) is 5.41. The Morgan fingerprint density at radius 2 is 1.74 bits per heavy atom. The van der Waals surface area contributed by atoms with E-state index in [1.807, 2.05) is 12.1 Å². The van der Waals surface area contributed by atoms with Gasteiger partial charge < -0.3 is 4.74 Å². The van der Waals surface area contributed by atoms with Crippen molar-refractivity contribution in [1.29, 1.82) is 0 Å². The van der Waals surface area contributed by atoms with Crippen LogP contribution in [0.15, 0.2) is 42.6 Å². The van der Waals surface area contributed by atoms with Gasteiger partial charge in [-0.15, -0.1) is 0 Å². The summed E-state index contributed by atoms with van der Waals surface area (Å²) in [5.41, 5.74) is 1.59.